The molecule has 0 aliphatic carbocycles. The SMILES string of the molecule is CCc1ccccc1NC(=O)COC(=O)CCCC(=O)Nc1cccc(C(C)=O)c1. The number of hydrogen-bond donors (Lipinski definition) is 2. The smallest absolute Gasteiger partial charge is 0.306 e. The molecule has 2 N–H and O–H groups in total. The minimum atomic E-state index is -0.541. The minimum absolute atomic E-state index is 0.0275. The fourth-order valence-electron chi connectivity index (χ4n) is 2.79. The molecule has 0 radical (unpaired) electrons. The Bertz CT molecular complexity index is 923. The van der Waals surface area contributed by atoms with Crippen LogP contribution in [-0.2, 0) is 25.5 Å². The van der Waals surface area contributed by atoms with E-state index in [1.165, 1.54) is 6.92 Å². The average Bonchev–Trinajstić information content (AvgIpc) is 2.73. The van der Waals surface area contributed by atoms with Crippen LogP contribution in [0.1, 0.15) is 49.0 Å². The van der Waals surface area contributed by atoms with Gasteiger partial charge in [-0.25, -0.2) is 0 Å². The summed E-state index contributed by atoms with van der Waals surface area (Å²) in [5, 5.41) is 5.42. The molecule has 0 saturated carbocycles. The number of ketones is 1. The fourth-order valence-corrected chi connectivity index (χ4v) is 2.79. The summed E-state index contributed by atoms with van der Waals surface area (Å²) in [6, 6.07) is 14.1. The zero-order valence-corrected chi connectivity index (χ0v) is 17.2. The third kappa shape index (κ3) is 7.50. The number of anilines is 2. The maximum Gasteiger partial charge on any atom is 0.306 e. The Hall–Kier alpha value is -3.48. The Morgan fingerprint density at radius 1 is 0.900 bits per heavy atom. The van der Waals surface area contributed by atoms with Gasteiger partial charge in [-0.15, -0.1) is 0 Å². The largest absolute Gasteiger partial charge is 0.456 e. The van der Waals surface area contributed by atoms with Gasteiger partial charge < -0.3 is 15.4 Å². The second kappa shape index (κ2) is 11.5. The molecule has 2 rings (SSSR count). The van der Waals surface area contributed by atoms with Crippen LogP contribution in [0.25, 0.3) is 0 Å². The molecule has 2 aromatic rings. The molecule has 7 heteroatoms. The Kier molecular flexibility index (Phi) is 8.75. The van der Waals surface area contributed by atoms with Crippen molar-refractivity contribution in [3.05, 3.63) is 59.7 Å². The summed E-state index contributed by atoms with van der Waals surface area (Å²) in [4.78, 5) is 47.2. The van der Waals surface area contributed by atoms with Crippen LogP contribution in [0.2, 0.25) is 0 Å². The van der Waals surface area contributed by atoms with E-state index in [2.05, 4.69) is 10.6 Å². The average molecular weight is 410 g/mol. The highest BCUT2D eigenvalue weighted by atomic mass is 16.5. The summed E-state index contributed by atoms with van der Waals surface area (Å²) in [6.07, 6.45) is 1.21. The highest BCUT2D eigenvalue weighted by molar-refractivity contribution is 5.97. The van der Waals surface area contributed by atoms with Crippen LogP contribution < -0.4 is 10.6 Å². The number of carbonyl (C=O) groups excluding carboxylic acids is 4. The second-order valence-electron chi connectivity index (χ2n) is 6.76. The lowest BCUT2D eigenvalue weighted by Gasteiger charge is -2.10. The van der Waals surface area contributed by atoms with Gasteiger partial charge in [0.1, 0.15) is 0 Å². The van der Waals surface area contributed by atoms with Crippen molar-refractivity contribution in [2.45, 2.75) is 39.5 Å². The first-order chi connectivity index (χ1) is 14.4. The van der Waals surface area contributed by atoms with E-state index in [1.807, 2.05) is 25.1 Å². The van der Waals surface area contributed by atoms with Crippen LogP contribution in [0.5, 0.6) is 0 Å². The molecule has 0 atom stereocenters. The van der Waals surface area contributed by atoms with Crippen LogP contribution in [0.4, 0.5) is 11.4 Å². The third-order valence-corrected chi connectivity index (χ3v) is 4.37. The van der Waals surface area contributed by atoms with E-state index in [0.29, 0.717) is 16.9 Å². The van der Waals surface area contributed by atoms with Crippen molar-refractivity contribution in [3.63, 3.8) is 0 Å². The Labute approximate surface area is 175 Å². The first-order valence-corrected chi connectivity index (χ1v) is 9.83. The summed E-state index contributed by atoms with van der Waals surface area (Å²) >= 11 is 0. The van der Waals surface area contributed by atoms with Crippen molar-refractivity contribution in [1.29, 1.82) is 0 Å². The van der Waals surface area contributed by atoms with Crippen molar-refractivity contribution >= 4 is 34.9 Å². The lowest BCUT2D eigenvalue weighted by Crippen LogP contribution is -2.21. The number of Topliss-reactive ketones (excluding diaryl/α,β-unsaturated/α-hetero) is 1. The predicted molar refractivity (Wildman–Crippen MR) is 114 cm³/mol. The molecule has 0 heterocycles. The first kappa shape index (κ1) is 22.8. The van der Waals surface area contributed by atoms with Gasteiger partial charge in [-0.1, -0.05) is 37.3 Å². The molecule has 7 nitrogen and oxygen atoms in total. The lowest BCUT2D eigenvalue weighted by atomic mass is 10.1. The molecular formula is C23H26N2O5. The molecule has 2 amide bonds. The number of para-hydroxylation sites is 1. The number of hydrogen-bond acceptors (Lipinski definition) is 5. The molecule has 0 aromatic heterocycles. The number of amides is 2. The standard InChI is InChI=1S/C23H26N2O5/c1-3-17-8-4-5-11-20(17)25-22(28)15-30-23(29)13-7-12-21(27)24-19-10-6-9-18(14-19)16(2)26/h4-6,8-11,14H,3,7,12-13,15H2,1-2H3,(H,24,27)(H,25,28). The lowest BCUT2D eigenvalue weighted by molar-refractivity contribution is -0.147. The van der Waals surface area contributed by atoms with E-state index in [-0.39, 0.29) is 37.6 Å². The normalized spacial score (nSPS) is 10.2. The molecule has 0 aliphatic heterocycles. The van der Waals surface area contributed by atoms with Crippen LogP contribution in [-0.4, -0.2) is 30.2 Å². The first-order valence-electron chi connectivity index (χ1n) is 9.83. The third-order valence-electron chi connectivity index (χ3n) is 4.37. The monoisotopic (exact) mass is 410 g/mol. The predicted octanol–water partition coefficient (Wildman–Crippen LogP) is 3.74. The Morgan fingerprint density at radius 3 is 2.40 bits per heavy atom. The summed E-state index contributed by atoms with van der Waals surface area (Å²) in [6.45, 7) is 3.07. The second-order valence-corrected chi connectivity index (χ2v) is 6.76. The molecule has 0 saturated heterocycles. The minimum Gasteiger partial charge on any atom is -0.456 e. The van der Waals surface area contributed by atoms with Crippen LogP contribution in [0.15, 0.2) is 48.5 Å². The van der Waals surface area contributed by atoms with Crippen molar-refractivity contribution in [2.75, 3.05) is 17.2 Å². The van der Waals surface area contributed by atoms with Gasteiger partial charge in [-0.05, 0) is 43.5 Å². The fraction of sp³-hybridized carbons (Fsp3) is 0.304. The van der Waals surface area contributed by atoms with E-state index in [0.717, 1.165) is 12.0 Å². The van der Waals surface area contributed by atoms with Crippen molar-refractivity contribution in [3.8, 4) is 0 Å². The van der Waals surface area contributed by atoms with E-state index < -0.39 is 11.9 Å². The van der Waals surface area contributed by atoms with Crippen LogP contribution in [0.3, 0.4) is 0 Å². The molecule has 0 fully saturated rings. The van der Waals surface area contributed by atoms with Gasteiger partial charge in [0.25, 0.3) is 5.91 Å². The van der Waals surface area contributed by atoms with Crippen molar-refractivity contribution < 1.29 is 23.9 Å². The number of aryl methyl sites for hydroxylation is 1. The van der Waals surface area contributed by atoms with E-state index in [1.54, 1.807) is 30.3 Å². The van der Waals surface area contributed by atoms with Crippen LogP contribution in [0, 0.1) is 0 Å². The zero-order valence-electron chi connectivity index (χ0n) is 17.2. The molecule has 30 heavy (non-hydrogen) atoms. The molecule has 0 unspecified atom stereocenters. The van der Waals surface area contributed by atoms with Gasteiger partial charge >= 0.3 is 5.97 Å². The number of ether oxygens (including phenoxy) is 1. The zero-order chi connectivity index (χ0) is 21.9. The quantitative estimate of drug-likeness (QED) is 0.459. The molecule has 158 valence electrons. The number of esters is 1. The molecular weight excluding hydrogens is 384 g/mol. The van der Waals surface area contributed by atoms with E-state index in [9.17, 15) is 19.2 Å². The van der Waals surface area contributed by atoms with Crippen LogP contribution >= 0.6 is 0 Å². The highest BCUT2D eigenvalue weighted by Crippen LogP contribution is 2.15. The van der Waals surface area contributed by atoms with Gasteiger partial charge in [0.05, 0.1) is 0 Å². The number of carbonyl (C=O) groups is 4. The van der Waals surface area contributed by atoms with Gasteiger partial charge in [0.15, 0.2) is 12.4 Å². The molecule has 0 bridgehead atoms. The Balaban J connectivity index is 1.68. The number of nitrogens with one attached hydrogen (secondary N) is 2. The van der Waals surface area contributed by atoms with Gasteiger partial charge in [-0.2, -0.15) is 0 Å². The molecule has 0 spiro atoms. The van der Waals surface area contributed by atoms with Crippen molar-refractivity contribution in [1.82, 2.24) is 0 Å². The number of rotatable bonds is 10. The van der Waals surface area contributed by atoms with E-state index in [4.69, 9.17) is 4.74 Å². The highest BCUT2D eigenvalue weighted by Gasteiger charge is 2.11. The Morgan fingerprint density at radius 2 is 1.67 bits per heavy atom. The molecule has 2 aromatic carbocycles. The topological polar surface area (TPSA) is 102 Å². The van der Waals surface area contributed by atoms with E-state index >= 15 is 0 Å². The summed E-state index contributed by atoms with van der Waals surface area (Å²) in [5.74, 6) is -1.30. The van der Waals surface area contributed by atoms with Gasteiger partial charge in [-0.3, -0.25) is 19.2 Å². The summed E-state index contributed by atoms with van der Waals surface area (Å²) in [5.41, 5.74) is 2.74. The van der Waals surface area contributed by atoms with Crippen molar-refractivity contribution in [2.24, 2.45) is 0 Å². The maximum atomic E-state index is 12.0. The van der Waals surface area contributed by atoms with Gasteiger partial charge in [0.2, 0.25) is 5.91 Å². The number of benzene rings is 2. The summed E-state index contributed by atoms with van der Waals surface area (Å²) < 4.78 is 4.97. The molecule has 0 aliphatic rings. The maximum absolute atomic E-state index is 12.0. The van der Waals surface area contributed by atoms with Gasteiger partial charge in [0, 0.05) is 29.8 Å². The summed E-state index contributed by atoms with van der Waals surface area (Å²) in [7, 11) is 0.